The fourth-order valence-corrected chi connectivity index (χ4v) is 1.28. The molecule has 4 nitrogen and oxygen atoms in total. The van der Waals surface area contributed by atoms with Gasteiger partial charge in [-0.2, -0.15) is 5.26 Å². The Hall–Kier alpha value is -0.630. The Labute approximate surface area is 78.8 Å². The molecule has 1 N–H and O–H groups in total. The summed E-state index contributed by atoms with van der Waals surface area (Å²) >= 11 is 0. The number of nitrogens with zero attached hydrogens (tertiary/aromatic N) is 1. The summed E-state index contributed by atoms with van der Waals surface area (Å²) in [4.78, 5) is 0. The summed E-state index contributed by atoms with van der Waals surface area (Å²) in [5, 5.41) is 11.4. The van der Waals surface area contributed by atoms with E-state index in [1.807, 2.05) is 0 Å². The molecule has 0 saturated carbocycles. The van der Waals surface area contributed by atoms with Gasteiger partial charge in [0.2, 0.25) is 0 Å². The van der Waals surface area contributed by atoms with Gasteiger partial charge in [-0.25, -0.2) is 0 Å². The van der Waals surface area contributed by atoms with E-state index in [-0.39, 0.29) is 12.1 Å². The van der Waals surface area contributed by atoms with E-state index in [2.05, 4.69) is 11.4 Å². The molecular weight excluding hydrogens is 168 g/mol. The number of rotatable bonds is 5. The zero-order valence-corrected chi connectivity index (χ0v) is 7.95. The molecule has 2 atom stereocenters. The first-order valence-corrected chi connectivity index (χ1v) is 4.63. The van der Waals surface area contributed by atoms with E-state index in [4.69, 9.17) is 14.7 Å². The summed E-state index contributed by atoms with van der Waals surface area (Å²) in [7, 11) is 1.75. The standard InChI is InChI=1S/C9H16N2O2/c1-11-8(5-10)6-12-7-9-3-2-4-13-9/h8-9,11H,2-4,6-7H2,1H3. The molecular formula is C9H16N2O2. The second-order valence-corrected chi connectivity index (χ2v) is 3.14. The molecule has 0 bridgehead atoms. The van der Waals surface area contributed by atoms with Crippen molar-refractivity contribution in [2.24, 2.45) is 0 Å². The number of hydrogen-bond donors (Lipinski definition) is 1. The van der Waals surface area contributed by atoms with Crippen LogP contribution in [0.15, 0.2) is 0 Å². The highest BCUT2D eigenvalue weighted by Gasteiger charge is 2.15. The summed E-state index contributed by atoms with van der Waals surface area (Å²) in [5.41, 5.74) is 0. The SMILES string of the molecule is CNC(C#N)COCC1CCCO1. The first-order valence-electron chi connectivity index (χ1n) is 4.63. The molecule has 1 aliphatic rings. The van der Waals surface area contributed by atoms with Crippen molar-refractivity contribution in [3.8, 4) is 6.07 Å². The van der Waals surface area contributed by atoms with Crippen molar-refractivity contribution in [1.82, 2.24) is 5.32 Å². The summed E-state index contributed by atoms with van der Waals surface area (Å²) in [6, 6.07) is 1.89. The van der Waals surface area contributed by atoms with Crippen LogP contribution in [0.25, 0.3) is 0 Å². The fourth-order valence-electron chi connectivity index (χ4n) is 1.28. The van der Waals surface area contributed by atoms with E-state index in [0.29, 0.717) is 13.2 Å². The highest BCUT2D eigenvalue weighted by Crippen LogP contribution is 2.11. The Morgan fingerprint density at radius 2 is 2.62 bits per heavy atom. The van der Waals surface area contributed by atoms with E-state index in [1.54, 1.807) is 7.05 Å². The molecule has 1 fully saturated rings. The van der Waals surface area contributed by atoms with Crippen LogP contribution >= 0.6 is 0 Å². The van der Waals surface area contributed by atoms with Crippen molar-refractivity contribution in [3.63, 3.8) is 0 Å². The summed E-state index contributed by atoms with van der Waals surface area (Å²) < 4.78 is 10.7. The molecule has 4 heteroatoms. The topological polar surface area (TPSA) is 54.3 Å². The van der Waals surface area contributed by atoms with Crippen LogP contribution in [0.2, 0.25) is 0 Å². The summed E-state index contributed by atoms with van der Waals surface area (Å²) in [6.07, 6.45) is 2.45. The van der Waals surface area contributed by atoms with Crippen LogP contribution in [-0.4, -0.2) is 39.0 Å². The van der Waals surface area contributed by atoms with E-state index in [1.165, 1.54) is 0 Å². The van der Waals surface area contributed by atoms with Gasteiger partial charge >= 0.3 is 0 Å². The van der Waals surface area contributed by atoms with Crippen molar-refractivity contribution >= 4 is 0 Å². The molecule has 1 rings (SSSR count). The smallest absolute Gasteiger partial charge is 0.119 e. The molecule has 74 valence electrons. The lowest BCUT2D eigenvalue weighted by molar-refractivity contribution is 0.0145. The predicted molar refractivity (Wildman–Crippen MR) is 48.3 cm³/mol. The van der Waals surface area contributed by atoms with Crippen molar-refractivity contribution in [2.45, 2.75) is 25.0 Å². The molecule has 0 aliphatic carbocycles. The monoisotopic (exact) mass is 184 g/mol. The molecule has 1 heterocycles. The molecule has 0 aromatic carbocycles. The Bertz CT molecular complexity index is 173. The highest BCUT2D eigenvalue weighted by molar-refractivity contribution is 4.88. The van der Waals surface area contributed by atoms with Crippen molar-refractivity contribution in [3.05, 3.63) is 0 Å². The van der Waals surface area contributed by atoms with Crippen molar-refractivity contribution in [2.75, 3.05) is 26.9 Å². The van der Waals surface area contributed by atoms with Gasteiger partial charge < -0.3 is 14.8 Å². The molecule has 13 heavy (non-hydrogen) atoms. The Balaban J connectivity index is 2.02. The van der Waals surface area contributed by atoms with Crippen molar-refractivity contribution < 1.29 is 9.47 Å². The van der Waals surface area contributed by atoms with Gasteiger partial charge in [0.05, 0.1) is 25.4 Å². The van der Waals surface area contributed by atoms with Gasteiger partial charge in [0, 0.05) is 6.61 Å². The molecule has 0 spiro atoms. The van der Waals surface area contributed by atoms with Crippen LogP contribution in [0.5, 0.6) is 0 Å². The van der Waals surface area contributed by atoms with Crippen LogP contribution in [0, 0.1) is 11.3 Å². The Kier molecular flexibility index (Phi) is 4.76. The van der Waals surface area contributed by atoms with E-state index in [0.717, 1.165) is 19.4 Å². The molecule has 1 saturated heterocycles. The fraction of sp³-hybridized carbons (Fsp3) is 0.889. The lowest BCUT2D eigenvalue weighted by Gasteiger charge is -2.12. The van der Waals surface area contributed by atoms with Gasteiger partial charge in [0.1, 0.15) is 6.04 Å². The molecule has 0 radical (unpaired) electrons. The molecule has 0 amide bonds. The van der Waals surface area contributed by atoms with E-state index >= 15 is 0 Å². The minimum absolute atomic E-state index is 0.207. The number of nitrogens with one attached hydrogen (secondary N) is 1. The van der Waals surface area contributed by atoms with Gasteiger partial charge in [0.15, 0.2) is 0 Å². The third kappa shape index (κ3) is 3.73. The minimum atomic E-state index is -0.207. The van der Waals surface area contributed by atoms with Crippen molar-refractivity contribution in [1.29, 1.82) is 5.26 Å². The first kappa shape index (κ1) is 10.5. The van der Waals surface area contributed by atoms with E-state index in [9.17, 15) is 0 Å². The number of nitriles is 1. The molecule has 0 aromatic rings. The highest BCUT2D eigenvalue weighted by atomic mass is 16.5. The van der Waals surface area contributed by atoms with Crippen LogP contribution in [0.3, 0.4) is 0 Å². The maximum atomic E-state index is 8.59. The number of likely N-dealkylation sites (N-methyl/N-ethyl adjacent to an activating group) is 1. The van der Waals surface area contributed by atoms with Crippen LogP contribution in [-0.2, 0) is 9.47 Å². The molecule has 0 aromatic heterocycles. The van der Waals surface area contributed by atoms with Gasteiger partial charge in [0.25, 0.3) is 0 Å². The quantitative estimate of drug-likeness (QED) is 0.667. The Morgan fingerprint density at radius 1 is 1.77 bits per heavy atom. The summed E-state index contributed by atoms with van der Waals surface area (Å²) in [5.74, 6) is 0. The van der Waals surface area contributed by atoms with E-state index < -0.39 is 0 Å². The average molecular weight is 184 g/mol. The average Bonchev–Trinajstić information content (AvgIpc) is 2.65. The van der Waals surface area contributed by atoms with Gasteiger partial charge in [-0.05, 0) is 19.9 Å². The number of ether oxygens (including phenoxy) is 2. The van der Waals surface area contributed by atoms with Crippen LogP contribution in [0.4, 0.5) is 0 Å². The normalized spacial score (nSPS) is 24.2. The zero-order valence-electron chi connectivity index (χ0n) is 7.95. The first-order chi connectivity index (χ1) is 6.36. The maximum Gasteiger partial charge on any atom is 0.119 e. The number of hydrogen-bond acceptors (Lipinski definition) is 4. The lowest BCUT2D eigenvalue weighted by Crippen LogP contribution is -2.30. The predicted octanol–water partition coefficient (Wildman–Crippen LogP) is 0.294. The maximum absolute atomic E-state index is 8.59. The Morgan fingerprint density at radius 3 is 3.15 bits per heavy atom. The van der Waals surface area contributed by atoms with Gasteiger partial charge in [-0.15, -0.1) is 0 Å². The van der Waals surface area contributed by atoms with Crippen LogP contribution < -0.4 is 5.32 Å². The summed E-state index contributed by atoms with van der Waals surface area (Å²) in [6.45, 7) is 1.90. The molecule has 2 unspecified atom stereocenters. The molecule has 1 aliphatic heterocycles. The largest absolute Gasteiger partial charge is 0.376 e. The van der Waals surface area contributed by atoms with Gasteiger partial charge in [-0.3, -0.25) is 0 Å². The second-order valence-electron chi connectivity index (χ2n) is 3.14. The minimum Gasteiger partial charge on any atom is -0.376 e. The third-order valence-corrected chi connectivity index (χ3v) is 2.12. The lowest BCUT2D eigenvalue weighted by atomic mass is 10.2. The van der Waals surface area contributed by atoms with Gasteiger partial charge in [-0.1, -0.05) is 0 Å². The second kappa shape index (κ2) is 5.92. The van der Waals surface area contributed by atoms with Crippen LogP contribution in [0.1, 0.15) is 12.8 Å². The zero-order chi connectivity index (χ0) is 9.52. The third-order valence-electron chi connectivity index (χ3n) is 2.12.